The quantitative estimate of drug-likeness (QED) is 0.818. The van der Waals surface area contributed by atoms with Gasteiger partial charge in [0.05, 0.1) is 24.1 Å². The number of para-hydroxylation sites is 1. The molecule has 0 unspecified atom stereocenters. The number of nitrogens with two attached hydrogens (primary N) is 1. The lowest BCUT2D eigenvalue weighted by atomic mass is 9.81. The molecule has 166 valence electrons. The van der Waals surface area contributed by atoms with Crippen molar-refractivity contribution in [2.24, 2.45) is 11.7 Å². The van der Waals surface area contributed by atoms with Crippen molar-refractivity contribution in [3.8, 4) is 5.69 Å². The number of nitrogens with zero attached hydrogens (tertiary/aromatic N) is 3. The van der Waals surface area contributed by atoms with Crippen molar-refractivity contribution in [3.05, 3.63) is 47.8 Å². The molecule has 2 N–H and O–H groups in total. The lowest BCUT2D eigenvalue weighted by Crippen LogP contribution is -2.51. The zero-order valence-electron chi connectivity index (χ0n) is 18.2. The molecule has 7 heteroatoms. The van der Waals surface area contributed by atoms with Gasteiger partial charge in [0, 0.05) is 38.4 Å². The molecule has 0 bridgehead atoms. The van der Waals surface area contributed by atoms with E-state index < -0.39 is 0 Å². The van der Waals surface area contributed by atoms with E-state index in [2.05, 4.69) is 18.3 Å². The summed E-state index contributed by atoms with van der Waals surface area (Å²) in [6.45, 7) is 2.12. The van der Waals surface area contributed by atoms with Gasteiger partial charge in [-0.25, -0.2) is 4.68 Å². The zero-order valence-corrected chi connectivity index (χ0v) is 18.2. The van der Waals surface area contributed by atoms with Gasteiger partial charge in [0.1, 0.15) is 5.60 Å². The SMILES string of the molecule is CO[C@H]1C[C@@H](C(=O)N2CCC3(CC2)OCCc2cn(-c4ccccc4)nc23)CC[C@@H]1N. The number of aromatic nitrogens is 2. The van der Waals surface area contributed by atoms with Crippen molar-refractivity contribution in [1.29, 1.82) is 0 Å². The Morgan fingerprint density at radius 1 is 1.23 bits per heavy atom. The summed E-state index contributed by atoms with van der Waals surface area (Å²) < 4.78 is 13.8. The number of amides is 1. The molecule has 1 saturated carbocycles. The van der Waals surface area contributed by atoms with Gasteiger partial charge in [0.15, 0.2) is 0 Å². The summed E-state index contributed by atoms with van der Waals surface area (Å²) in [4.78, 5) is 15.2. The number of likely N-dealkylation sites (tertiary alicyclic amines) is 1. The number of carbonyl (C=O) groups excluding carboxylic acids is 1. The van der Waals surface area contributed by atoms with Gasteiger partial charge in [-0.1, -0.05) is 18.2 Å². The Kier molecular flexibility index (Phi) is 5.58. The van der Waals surface area contributed by atoms with Gasteiger partial charge in [0.25, 0.3) is 0 Å². The summed E-state index contributed by atoms with van der Waals surface area (Å²) in [6.07, 6.45) is 7.00. The molecule has 1 amide bonds. The zero-order chi connectivity index (χ0) is 21.4. The van der Waals surface area contributed by atoms with Crippen LogP contribution in [0.2, 0.25) is 0 Å². The fourth-order valence-corrected chi connectivity index (χ4v) is 5.49. The molecule has 3 atom stereocenters. The van der Waals surface area contributed by atoms with E-state index in [0.29, 0.717) is 19.7 Å². The number of ether oxygens (including phenoxy) is 2. The highest BCUT2D eigenvalue weighted by Crippen LogP contribution is 2.41. The predicted molar refractivity (Wildman–Crippen MR) is 117 cm³/mol. The summed E-state index contributed by atoms with van der Waals surface area (Å²) in [5, 5.41) is 4.94. The number of hydrogen-bond acceptors (Lipinski definition) is 5. The first-order chi connectivity index (χ1) is 15.1. The molecular weight excluding hydrogens is 392 g/mol. The lowest BCUT2D eigenvalue weighted by Gasteiger charge is -2.44. The average Bonchev–Trinajstić information content (AvgIpc) is 3.26. The van der Waals surface area contributed by atoms with Gasteiger partial charge < -0.3 is 20.1 Å². The standard InChI is InChI=1S/C24H32N4O3/c1-30-21-15-17(7-8-20(21)25)23(29)27-12-10-24(11-13-27)22-18(9-14-31-24)16-28(26-22)19-5-3-2-4-6-19/h2-6,16-17,20-21H,7-15,25H2,1H3/t17-,20-,21-/m0/s1. The number of rotatable bonds is 3. The molecule has 31 heavy (non-hydrogen) atoms. The minimum absolute atomic E-state index is 0.0129. The van der Waals surface area contributed by atoms with Crippen LogP contribution in [0.3, 0.4) is 0 Å². The third-order valence-electron chi connectivity index (χ3n) is 7.37. The number of piperidine rings is 1. The molecule has 5 rings (SSSR count). The van der Waals surface area contributed by atoms with Crippen molar-refractivity contribution >= 4 is 5.91 Å². The van der Waals surface area contributed by atoms with Crippen molar-refractivity contribution in [2.75, 3.05) is 26.8 Å². The molecule has 1 aliphatic carbocycles. The molecule has 1 aromatic carbocycles. The average molecular weight is 425 g/mol. The number of carbonyl (C=O) groups is 1. The van der Waals surface area contributed by atoms with E-state index in [4.69, 9.17) is 20.3 Å². The number of hydrogen-bond donors (Lipinski definition) is 1. The molecule has 3 aliphatic rings. The highest BCUT2D eigenvalue weighted by Gasteiger charge is 2.45. The van der Waals surface area contributed by atoms with E-state index in [1.807, 2.05) is 27.8 Å². The van der Waals surface area contributed by atoms with E-state index in [1.165, 1.54) is 5.56 Å². The number of methoxy groups -OCH3 is 1. The van der Waals surface area contributed by atoms with Crippen LogP contribution in [0.1, 0.15) is 43.4 Å². The van der Waals surface area contributed by atoms with Crippen molar-refractivity contribution in [1.82, 2.24) is 14.7 Å². The fourth-order valence-electron chi connectivity index (χ4n) is 5.49. The van der Waals surface area contributed by atoms with Crippen LogP contribution in [0.4, 0.5) is 0 Å². The second-order valence-corrected chi connectivity index (χ2v) is 9.15. The molecule has 1 saturated heterocycles. The topological polar surface area (TPSA) is 82.6 Å². The number of benzene rings is 1. The molecule has 1 spiro atoms. The minimum atomic E-state index is -0.381. The van der Waals surface area contributed by atoms with Gasteiger partial charge in [0.2, 0.25) is 5.91 Å². The van der Waals surface area contributed by atoms with Gasteiger partial charge in [-0.2, -0.15) is 5.10 Å². The van der Waals surface area contributed by atoms with Crippen molar-refractivity contribution < 1.29 is 14.3 Å². The minimum Gasteiger partial charge on any atom is -0.380 e. The molecule has 7 nitrogen and oxygen atoms in total. The van der Waals surface area contributed by atoms with E-state index in [0.717, 1.165) is 49.9 Å². The largest absolute Gasteiger partial charge is 0.380 e. The third kappa shape index (κ3) is 3.79. The molecule has 2 fully saturated rings. The van der Waals surface area contributed by atoms with Gasteiger partial charge in [-0.3, -0.25) is 4.79 Å². The van der Waals surface area contributed by atoms with Gasteiger partial charge in [-0.15, -0.1) is 0 Å². The fraction of sp³-hybridized carbons (Fsp3) is 0.583. The van der Waals surface area contributed by atoms with E-state index in [-0.39, 0.29) is 29.6 Å². The third-order valence-corrected chi connectivity index (χ3v) is 7.37. The monoisotopic (exact) mass is 424 g/mol. The first-order valence-corrected chi connectivity index (χ1v) is 11.5. The molecule has 0 radical (unpaired) electrons. The highest BCUT2D eigenvalue weighted by atomic mass is 16.5. The Morgan fingerprint density at radius 3 is 2.74 bits per heavy atom. The molecule has 2 aromatic rings. The second kappa shape index (κ2) is 8.37. The Morgan fingerprint density at radius 2 is 2.00 bits per heavy atom. The molecule has 1 aromatic heterocycles. The van der Waals surface area contributed by atoms with Crippen LogP contribution < -0.4 is 5.73 Å². The molecule has 3 heterocycles. The summed E-state index contributed by atoms with van der Waals surface area (Å²) in [5.41, 5.74) is 9.13. The van der Waals surface area contributed by atoms with Gasteiger partial charge >= 0.3 is 0 Å². The second-order valence-electron chi connectivity index (χ2n) is 9.15. The first-order valence-electron chi connectivity index (χ1n) is 11.5. The maximum atomic E-state index is 13.2. The van der Waals surface area contributed by atoms with E-state index >= 15 is 0 Å². The van der Waals surface area contributed by atoms with Crippen LogP contribution in [0, 0.1) is 5.92 Å². The first kappa shape index (κ1) is 20.7. The summed E-state index contributed by atoms with van der Waals surface area (Å²) in [5.74, 6) is 0.258. The van der Waals surface area contributed by atoms with Crippen molar-refractivity contribution in [3.63, 3.8) is 0 Å². The Bertz CT molecular complexity index is 920. The van der Waals surface area contributed by atoms with E-state index in [9.17, 15) is 4.79 Å². The maximum absolute atomic E-state index is 13.2. The smallest absolute Gasteiger partial charge is 0.225 e. The predicted octanol–water partition coefficient (Wildman–Crippen LogP) is 2.41. The van der Waals surface area contributed by atoms with Crippen LogP contribution in [0.15, 0.2) is 36.5 Å². The lowest BCUT2D eigenvalue weighted by molar-refractivity contribution is -0.147. The highest BCUT2D eigenvalue weighted by molar-refractivity contribution is 5.79. The Balaban J connectivity index is 1.29. The van der Waals surface area contributed by atoms with Crippen LogP contribution in [0.25, 0.3) is 5.69 Å². The Labute approximate surface area is 183 Å². The van der Waals surface area contributed by atoms with Crippen LogP contribution in [0.5, 0.6) is 0 Å². The summed E-state index contributed by atoms with van der Waals surface area (Å²) >= 11 is 0. The summed E-state index contributed by atoms with van der Waals surface area (Å²) in [7, 11) is 1.69. The Hall–Kier alpha value is -2.22. The van der Waals surface area contributed by atoms with Crippen LogP contribution in [-0.2, 0) is 26.3 Å². The maximum Gasteiger partial charge on any atom is 0.225 e. The molecular formula is C24H32N4O3. The summed E-state index contributed by atoms with van der Waals surface area (Å²) in [6, 6.07) is 10.2. The normalized spacial score (nSPS) is 27.8. The van der Waals surface area contributed by atoms with E-state index in [1.54, 1.807) is 7.11 Å². The van der Waals surface area contributed by atoms with Crippen LogP contribution in [-0.4, -0.2) is 59.5 Å². The molecule has 2 aliphatic heterocycles. The van der Waals surface area contributed by atoms with Gasteiger partial charge in [-0.05, 0) is 56.2 Å². The van der Waals surface area contributed by atoms with Crippen LogP contribution >= 0.6 is 0 Å². The van der Waals surface area contributed by atoms with Crippen molar-refractivity contribution in [2.45, 2.75) is 56.3 Å². The number of fused-ring (bicyclic) bond motifs is 2.